The van der Waals surface area contributed by atoms with E-state index in [-0.39, 0.29) is 11.5 Å². The number of hydrogen-bond acceptors (Lipinski definition) is 3. The molecule has 0 atom stereocenters. The Morgan fingerprint density at radius 2 is 1.72 bits per heavy atom. The molecule has 0 aliphatic carbocycles. The lowest BCUT2D eigenvalue weighted by atomic mass is 9.99. The monoisotopic (exact) mass is 332 g/mol. The molecule has 0 radical (unpaired) electrons. The first-order valence-corrected chi connectivity index (χ1v) is 7.72. The van der Waals surface area contributed by atoms with Crippen molar-refractivity contribution >= 4 is 28.9 Å². The number of carbonyl (C=O) groups is 2. The Balaban J connectivity index is 1.87. The van der Waals surface area contributed by atoms with Crippen LogP contribution < -0.4 is 5.43 Å². The third-order valence-electron chi connectivity index (χ3n) is 3.93. The van der Waals surface area contributed by atoms with Gasteiger partial charge in [-0.05, 0) is 29.3 Å². The molecular weight excluding hydrogens is 316 g/mol. The van der Waals surface area contributed by atoms with Crippen LogP contribution in [0.4, 0.5) is 0 Å². The minimum atomic E-state index is -1.04. The number of carbonyl (C=O) groups excluding carboxylic acids is 1. The van der Waals surface area contributed by atoms with Crippen LogP contribution in [0.3, 0.4) is 0 Å². The normalized spacial score (nSPS) is 10.9. The smallest absolute Gasteiger partial charge is 0.336 e. The van der Waals surface area contributed by atoms with Gasteiger partial charge in [0.15, 0.2) is 0 Å². The van der Waals surface area contributed by atoms with Gasteiger partial charge in [0, 0.05) is 5.56 Å². The largest absolute Gasteiger partial charge is 0.478 e. The predicted molar refractivity (Wildman–Crippen MR) is 97.1 cm³/mol. The summed E-state index contributed by atoms with van der Waals surface area (Å²) >= 11 is 0. The molecule has 0 bridgehead atoms. The van der Waals surface area contributed by atoms with Gasteiger partial charge in [-0.1, -0.05) is 54.6 Å². The molecule has 5 nitrogen and oxygen atoms in total. The van der Waals surface area contributed by atoms with Gasteiger partial charge in [-0.2, -0.15) is 5.10 Å². The maximum Gasteiger partial charge on any atom is 0.336 e. The number of nitrogens with one attached hydrogen (secondary N) is 1. The van der Waals surface area contributed by atoms with Gasteiger partial charge in [0.05, 0.1) is 17.3 Å². The average molecular weight is 332 g/mol. The van der Waals surface area contributed by atoms with Crippen LogP contribution in [0.5, 0.6) is 0 Å². The van der Waals surface area contributed by atoms with Crippen LogP contribution >= 0.6 is 0 Å². The third kappa shape index (κ3) is 3.40. The van der Waals surface area contributed by atoms with Crippen molar-refractivity contribution in [3.05, 3.63) is 82.9 Å². The summed E-state index contributed by atoms with van der Waals surface area (Å²) in [5, 5.41) is 14.9. The Morgan fingerprint density at radius 1 is 1.00 bits per heavy atom. The molecule has 3 aromatic rings. The maximum absolute atomic E-state index is 12.5. The zero-order valence-corrected chi connectivity index (χ0v) is 13.6. The molecule has 1 amide bonds. The number of nitrogens with zero attached hydrogens (tertiary/aromatic N) is 1. The first-order valence-electron chi connectivity index (χ1n) is 7.72. The highest BCUT2D eigenvalue weighted by molar-refractivity contribution is 6.08. The number of fused-ring (bicyclic) bond motifs is 1. The van der Waals surface area contributed by atoms with E-state index in [0.29, 0.717) is 11.1 Å². The number of hydrogen-bond donors (Lipinski definition) is 2. The van der Waals surface area contributed by atoms with E-state index in [1.807, 2.05) is 43.3 Å². The van der Waals surface area contributed by atoms with Gasteiger partial charge >= 0.3 is 5.97 Å². The third-order valence-corrected chi connectivity index (χ3v) is 3.93. The minimum absolute atomic E-state index is 0.127. The molecule has 0 saturated carbocycles. The average Bonchev–Trinajstić information content (AvgIpc) is 2.61. The number of carboxylic acids is 1. The lowest BCUT2D eigenvalue weighted by molar-refractivity contribution is 0.0696. The molecule has 0 spiro atoms. The second-order valence-corrected chi connectivity index (χ2v) is 5.57. The molecule has 0 saturated heterocycles. The Morgan fingerprint density at radius 3 is 2.52 bits per heavy atom. The minimum Gasteiger partial charge on any atom is -0.478 e. The molecular formula is C20H16N2O3. The van der Waals surface area contributed by atoms with Gasteiger partial charge in [-0.25, -0.2) is 10.2 Å². The Kier molecular flexibility index (Phi) is 4.57. The summed E-state index contributed by atoms with van der Waals surface area (Å²) in [6.45, 7) is 1.87. The zero-order chi connectivity index (χ0) is 17.8. The lowest BCUT2D eigenvalue weighted by Crippen LogP contribution is -2.19. The first-order chi connectivity index (χ1) is 12.1. The quantitative estimate of drug-likeness (QED) is 0.566. The second-order valence-electron chi connectivity index (χ2n) is 5.57. The summed E-state index contributed by atoms with van der Waals surface area (Å²) in [5.41, 5.74) is 4.43. The van der Waals surface area contributed by atoms with Crippen LogP contribution in [0.15, 0.2) is 65.8 Å². The molecule has 2 N–H and O–H groups in total. The van der Waals surface area contributed by atoms with Crippen molar-refractivity contribution < 1.29 is 14.7 Å². The Bertz CT molecular complexity index is 993. The fourth-order valence-corrected chi connectivity index (χ4v) is 2.70. The van der Waals surface area contributed by atoms with Crippen LogP contribution in [0.2, 0.25) is 0 Å². The lowest BCUT2D eigenvalue weighted by Gasteiger charge is -2.08. The summed E-state index contributed by atoms with van der Waals surface area (Å²) in [6, 6.07) is 17.9. The SMILES string of the molecule is Cc1ccc2ccccc2c1C(=O)N/N=C\c1ccccc1C(=O)O. The van der Waals surface area contributed by atoms with Crippen LogP contribution in [0.25, 0.3) is 10.8 Å². The van der Waals surface area contributed by atoms with E-state index in [0.717, 1.165) is 16.3 Å². The number of hydrazone groups is 1. The summed E-state index contributed by atoms with van der Waals surface area (Å²) < 4.78 is 0. The summed E-state index contributed by atoms with van der Waals surface area (Å²) in [6.07, 6.45) is 1.34. The van der Waals surface area contributed by atoms with E-state index < -0.39 is 5.97 Å². The number of aryl methyl sites for hydroxylation is 1. The molecule has 3 aromatic carbocycles. The predicted octanol–water partition coefficient (Wildman–Crippen LogP) is 3.61. The first kappa shape index (κ1) is 16.4. The van der Waals surface area contributed by atoms with Crippen molar-refractivity contribution in [2.75, 3.05) is 0 Å². The van der Waals surface area contributed by atoms with Crippen LogP contribution in [0, 0.1) is 6.92 Å². The highest BCUT2D eigenvalue weighted by Gasteiger charge is 2.12. The standard InChI is InChI=1S/C20H16N2O3/c1-13-10-11-14-6-2-4-8-16(14)18(13)19(23)22-21-12-15-7-3-5-9-17(15)20(24)25/h2-12H,1H3,(H,22,23)(H,24,25)/b21-12-. The summed E-state index contributed by atoms with van der Waals surface area (Å²) in [5.74, 6) is -1.38. The van der Waals surface area contributed by atoms with E-state index in [9.17, 15) is 9.59 Å². The Labute approximate surface area is 144 Å². The fourth-order valence-electron chi connectivity index (χ4n) is 2.70. The topological polar surface area (TPSA) is 78.8 Å². The van der Waals surface area contributed by atoms with E-state index in [4.69, 9.17) is 5.11 Å². The van der Waals surface area contributed by atoms with Crippen molar-refractivity contribution in [3.63, 3.8) is 0 Å². The van der Waals surface area contributed by atoms with Crippen molar-refractivity contribution in [1.82, 2.24) is 5.43 Å². The molecule has 25 heavy (non-hydrogen) atoms. The molecule has 124 valence electrons. The molecule has 0 aliphatic rings. The number of aromatic carboxylic acids is 1. The fraction of sp³-hybridized carbons (Fsp3) is 0.0500. The van der Waals surface area contributed by atoms with Gasteiger partial charge in [-0.3, -0.25) is 4.79 Å². The van der Waals surface area contributed by atoms with Gasteiger partial charge in [-0.15, -0.1) is 0 Å². The van der Waals surface area contributed by atoms with Gasteiger partial charge < -0.3 is 5.11 Å². The van der Waals surface area contributed by atoms with Gasteiger partial charge in [0.2, 0.25) is 0 Å². The number of benzene rings is 3. The van der Waals surface area contributed by atoms with Crippen LogP contribution in [0.1, 0.15) is 31.8 Å². The van der Waals surface area contributed by atoms with E-state index >= 15 is 0 Å². The molecule has 5 heteroatoms. The summed E-state index contributed by atoms with van der Waals surface area (Å²) in [4.78, 5) is 23.7. The summed E-state index contributed by atoms with van der Waals surface area (Å²) in [7, 11) is 0. The van der Waals surface area contributed by atoms with Gasteiger partial charge in [0.25, 0.3) is 5.91 Å². The second kappa shape index (κ2) is 6.97. The van der Waals surface area contributed by atoms with E-state index in [1.54, 1.807) is 18.2 Å². The molecule has 0 fully saturated rings. The van der Waals surface area contributed by atoms with Crippen molar-refractivity contribution in [2.24, 2.45) is 5.10 Å². The Hall–Kier alpha value is -3.47. The zero-order valence-electron chi connectivity index (χ0n) is 13.6. The molecule has 0 unspecified atom stereocenters. The molecule has 0 heterocycles. The number of amides is 1. The molecule has 3 rings (SSSR count). The van der Waals surface area contributed by atoms with Crippen molar-refractivity contribution in [1.29, 1.82) is 0 Å². The highest BCUT2D eigenvalue weighted by atomic mass is 16.4. The number of rotatable bonds is 4. The molecule has 0 aromatic heterocycles. The highest BCUT2D eigenvalue weighted by Crippen LogP contribution is 2.22. The maximum atomic E-state index is 12.5. The van der Waals surface area contributed by atoms with E-state index in [1.165, 1.54) is 12.3 Å². The van der Waals surface area contributed by atoms with E-state index in [2.05, 4.69) is 10.5 Å². The van der Waals surface area contributed by atoms with Crippen molar-refractivity contribution in [2.45, 2.75) is 6.92 Å². The van der Waals surface area contributed by atoms with Crippen molar-refractivity contribution in [3.8, 4) is 0 Å². The molecule has 0 aliphatic heterocycles. The van der Waals surface area contributed by atoms with Crippen LogP contribution in [-0.4, -0.2) is 23.2 Å². The van der Waals surface area contributed by atoms with Gasteiger partial charge in [0.1, 0.15) is 0 Å². The number of carboxylic acid groups (broad SMARTS) is 1. The van der Waals surface area contributed by atoms with Crippen LogP contribution in [-0.2, 0) is 0 Å².